The van der Waals surface area contributed by atoms with Crippen LogP contribution in [0.5, 0.6) is 5.75 Å². The number of carbonyl (C=O) groups excluding carboxylic acids is 1. The smallest absolute Gasteiger partial charge is 0.261 e. The molecule has 1 fully saturated rings. The van der Waals surface area contributed by atoms with E-state index < -0.39 is 10.0 Å². The van der Waals surface area contributed by atoms with Crippen molar-refractivity contribution >= 4 is 27.3 Å². The fraction of sp³-hybridized carbons (Fsp3) is 0.269. The number of rotatable bonds is 9. The standard InChI is InChI=1S/C26H29N3O4S/c1-2-33-24-12-10-22(11-13-24)28-34(31,32)25-14-8-21(9-15-25)26(30)27-23-7-5-6-20(18-23)19-29-16-3-4-17-29/h5-15,18,28H,2-4,16-17,19H2,1H3,(H,27,30). The number of nitrogens with one attached hydrogen (secondary N) is 2. The summed E-state index contributed by atoms with van der Waals surface area (Å²) in [6.07, 6.45) is 2.47. The van der Waals surface area contributed by atoms with E-state index in [-0.39, 0.29) is 10.8 Å². The van der Waals surface area contributed by atoms with E-state index in [1.54, 1.807) is 24.3 Å². The quantitative estimate of drug-likeness (QED) is 0.463. The molecule has 0 unspecified atom stereocenters. The average Bonchev–Trinajstić information content (AvgIpc) is 3.34. The van der Waals surface area contributed by atoms with Crippen LogP contribution in [-0.2, 0) is 16.6 Å². The molecule has 0 atom stereocenters. The van der Waals surface area contributed by atoms with Gasteiger partial charge in [-0.2, -0.15) is 0 Å². The fourth-order valence-corrected chi connectivity index (χ4v) is 4.99. The normalized spacial score (nSPS) is 14.0. The van der Waals surface area contributed by atoms with Gasteiger partial charge < -0.3 is 10.1 Å². The number of ether oxygens (including phenoxy) is 1. The van der Waals surface area contributed by atoms with Crippen molar-refractivity contribution in [2.24, 2.45) is 0 Å². The van der Waals surface area contributed by atoms with Crippen molar-refractivity contribution in [3.8, 4) is 5.75 Å². The molecule has 1 aliphatic rings. The lowest BCUT2D eigenvalue weighted by atomic mass is 10.1. The lowest BCUT2D eigenvalue weighted by Gasteiger charge is -2.15. The molecule has 3 aromatic rings. The molecule has 34 heavy (non-hydrogen) atoms. The molecule has 1 amide bonds. The van der Waals surface area contributed by atoms with Crippen LogP contribution < -0.4 is 14.8 Å². The van der Waals surface area contributed by atoms with E-state index in [0.29, 0.717) is 23.6 Å². The van der Waals surface area contributed by atoms with Gasteiger partial charge in [0.1, 0.15) is 5.75 Å². The first kappa shape index (κ1) is 23.8. The van der Waals surface area contributed by atoms with Gasteiger partial charge >= 0.3 is 0 Å². The fourth-order valence-electron chi connectivity index (χ4n) is 3.94. The Morgan fingerprint density at radius 3 is 2.32 bits per heavy atom. The molecule has 8 heteroatoms. The number of likely N-dealkylation sites (tertiary alicyclic amines) is 1. The summed E-state index contributed by atoms with van der Waals surface area (Å²) in [5.41, 5.74) is 2.68. The van der Waals surface area contributed by atoms with E-state index in [0.717, 1.165) is 30.9 Å². The molecule has 7 nitrogen and oxygen atoms in total. The molecule has 0 bridgehead atoms. The highest BCUT2D eigenvalue weighted by Gasteiger charge is 2.16. The Kier molecular flexibility index (Phi) is 7.49. The number of anilines is 2. The maximum atomic E-state index is 12.7. The van der Waals surface area contributed by atoms with E-state index in [1.165, 1.54) is 37.1 Å². The monoisotopic (exact) mass is 479 g/mol. The maximum Gasteiger partial charge on any atom is 0.261 e. The van der Waals surface area contributed by atoms with Crippen LogP contribution >= 0.6 is 0 Å². The predicted molar refractivity (Wildman–Crippen MR) is 134 cm³/mol. The average molecular weight is 480 g/mol. The highest BCUT2D eigenvalue weighted by Crippen LogP contribution is 2.21. The molecule has 1 heterocycles. The largest absolute Gasteiger partial charge is 0.494 e. The number of hydrogen-bond donors (Lipinski definition) is 2. The van der Waals surface area contributed by atoms with Crippen molar-refractivity contribution in [2.45, 2.75) is 31.2 Å². The lowest BCUT2D eigenvalue weighted by molar-refractivity contribution is 0.102. The Morgan fingerprint density at radius 1 is 0.941 bits per heavy atom. The van der Waals surface area contributed by atoms with Crippen LogP contribution in [-0.4, -0.2) is 38.9 Å². The van der Waals surface area contributed by atoms with E-state index in [1.807, 2.05) is 25.1 Å². The molecule has 0 aromatic heterocycles. The molecule has 0 spiro atoms. The van der Waals surface area contributed by atoms with Gasteiger partial charge in [0.25, 0.3) is 15.9 Å². The number of nitrogens with zero attached hydrogens (tertiary/aromatic N) is 1. The van der Waals surface area contributed by atoms with Crippen LogP contribution in [0.15, 0.2) is 77.7 Å². The SMILES string of the molecule is CCOc1ccc(NS(=O)(=O)c2ccc(C(=O)Nc3cccc(CN4CCCC4)c3)cc2)cc1. The van der Waals surface area contributed by atoms with Crippen molar-refractivity contribution in [3.63, 3.8) is 0 Å². The second-order valence-electron chi connectivity index (χ2n) is 8.23. The molecule has 0 radical (unpaired) electrons. The minimum absolute atomic E-state index is 0.0746. The zero-order valence-corrected chi connectivity index (χ0v) is 20.0. The first-order chi connectivity index (χ1) is 16.4. The molecular formula is C26H29N3O4S. The molecular weight excluding hydrogens is 450 g/mol. The number of amides is 1. The molecule has 0 aliphatic carbocycles. The highest BCUT2D eigenvalue weighted by atomic mass is 32.2. The summed E-state index contributed by atoms with van der Waals surface area (Å²) in [5.74, 6) is 0.379. The van der Waals surface area contributed by atoms with Crippen molar-refractivity contribution < 1.29 is 17.9 Å². The third-order valence-corrected chi connectivity index (χ3v) is 7.03. The van der Waals surface area contributed by atoms with Gasteiger partial charge in [-0.05, 0) is 99.1 Å². The summed E-state index contributed by atoms with van der Waals surface area (Å²) < 4.78 is 33.3. The molecule has 1 aliphatic heterocycles. The Labute approximate surface area is 200 Å². The van der Waals surface area contributed by atoms with Gasteiger partial charge in [-0.3, -0.25) is 14.4 Å². The molecule has 4 rings (SSSR count). The van der Waals surface area contributed by atoms with Gasteiger partial charge in [-0.1, -0.05) is 12.1 Å². The van der Waals surface area contributed by atoms with Gasteiger partial charge in [0.15, 0.2) is 0 Å². The summed E-state index contributed by atoms with van der Waals surface area (Å²) in [6.45, 7) is 5.51. The molecule has 0 saturated carbocycles. The Bertz CT molecular complexity index is 1220. The summed E-state index contributed by atoms with van der Waals surface area (Å²) >= 11 is 0. The van der Waals surface area contributed by atoms with Gasteiger partial charge in [-0.25, -0.2) is 8.42 Å². The van der Waals surface area contributed by atoms with E-state index in [2.05, 4.69) is 21.0 Å². The van der Waals surface area contributed by atoms with Crippen LogP contribution in [0.25, 0.3) is 0 Å². The molecule has 178 valence electrons. The summed E-state index contributed by atoms with van der Waals surface area (Å²) in [4.78, 5) is 15.2. The van der Waals surface area contributed by atoms with Crippen LogP contribution in [0.3, 0.4) is 0 Å². The van der Waals surface area contributed by atoms with Gasteiger partial charge in [-0.15, -0.1) is 0 Å². The van der Waals surface area contributed by atoms with E-state index >= 15 is 0 Å². The highest BCUT2D eigenvalue weighted by molar-refractivity contribution is 7.92. The third kappa shape index (κ3) is 6.15. The van der Waals surface area contributed by atoms with Crippen molar-refractivity contribution in [2.75, 3.05) is 29.7 Å². The van der Waals surface area contributed by atoms with Crippen molar-refractivity contribution in [1.82, 2.24) is 4.90 Å². The molecule has 2 N–H and O–H groups in total. The minimum Gasteiger partial charge on any atom is -0.494 e. The summed E-state index contributed by atoms with van der Waals surface area (Å²) in [6, 6.07) is 20.4. The van der Waals surface area contributed by atoms with Crippen LogP contribution in [0.4, 0.5) is 11.4 Å². The van der Waals surface area contributed by atoms with Gasteiger partial charge in [0.2, 0.25) is 0 Å². The zero-order chi connectivity index (χ0) is 24.0. The van der Waals surface area contributed by atoms with Crippen LogP contribution in [0.1, 0.15) is 35.7 Å². The number of benzene rings is 3. The zero-order valence-electron chi connectivity index (χ0n) is 19.2. The lowest BCUT2D eigenvalue weighted by Crippen LogP contribution is -2.18. The first-order valence-corrected chi connectivity index (χ1v) is 12.9. The van der Waals surface area contributed by atoms with E-state index in [9.17, 15) is 13.2 Å². The van der Waals surface area contributed by atoms with Crippen molar-refractivity contribution in [1.29, 1.82) is 0 Å². The summed E-state index contributed by atoms with van der Waals surface area (Å²) in [5, 5.41) is 2.90. The maximum absolute atomic E-state index is 12.7. The second-order valence-corrected chi connectivity index (χ2v) is 9.91. The van der Waals surface area contributed by atoms with Crippen molar-refractivity contribution in [3.05, 3.63) is 83.9 Å². The third-order valence-electron chi connectivity index (χ3n) is 5.63. The second kappa shape index (κ2) is 10.7. The topological polar surface area (TPSA) is 87.7 Å². The van der Waals surface area contributed by atoms with E-state index in [4.69, 9.17) is 4.74 Å². The Balaban J connectivity index is 1.39. The molecule has 1 saturated heterocycles. The Hall–Kier alpha value is -3.36. The number of carbonyl (C=O) groups is 1. The molecule has 3 aromatic carbocycles. The predicted octanol–water partition coefficient (Wildman–Crippen LogP) is 4.73. The minimum atomic E-state index is -3.78. The first-order valence-electron chi connectivity index (χ1n) is 11.4. The number of sulfonamides is 1. The number of hydrogen-bond acceptors (Lipinski definition) is 5. The van der Waals surface area contributed by atoms with Gasteiger partial charge in [0.05, 0.1) is 11.5 Å². The van der Waals surface area contributed by atoms with Gasteiger partial charge in [0, 0.05) is 23.5 Å². The Morgan fingerprint density at radius 2 is 1.65 bits per heavy atom. The van der Waals surface area contributed by atoms with Crippen LogP contribution in [0, 0.1) is 0 Å². The summed E-state index contributed by atoms with van der Waals surface area (Å²) in [7, 11) is -3.78. The van der Waals surface area contributed by atoms with Crippen LogP contribution in [0.2, 0.25) is 0 Å².